The zero-order chi connectivity index (χ0) is 14.9. The fraction of sp³-hybridized carbons (Fsp3) is 0.500. The van der Waals surface area contributed by atoms with Gasteiger partial charge in [-0.2, -0.15) is 0 Å². The van der Waals surface area contributed by atoms with Gasteiger partial charge in [-0.1, -0.05) is 12.1 Å². The first-order valence-electron chi connectivity index (χ1n) is 8.21. The van der Waals surface area contributed by atoms with Crippen LogP contribution in [0.3, 0.4) is 0 Å². The Balaban J connectivity index is 1.46. The Labute approximate surface area is 130 Å². The molecule has 1 aliphatic carbocycles. The van der Waals surface area contributed by atoms with Crippen molar-refractivity contribution in [1.82, 2.24) is 9.88 Å². The molecule has 2 aliphatic rings. The van der Waals surface area contributed by atoms with Crippen LogP contribution in [0.2, 0.25) is 0 Å². The van der Waals surface area contributed by atoms with Crippen molar-refractivity contribution in [2.75, 3.05) is 13.1 Å². The van der Waals surface area contributed by atoms with Crippen LogP contribution in [0.5, 0.6) is 0 Å². The molecule has 22 heavy (non-hydrogen) atoms. The highest BCUT2D eigenvalue weighted by Gasteiger charge is 2.34. The predicted octanol–water partition coefficient (Wildman–Crippen LogP) is 3.95. The number of rotatable bonds is 5. The molecule has 0 N–H and O–H groups in total. The van der Waals surface area contributed by atoms with Gasteiger partial charge in [0.1, 0.15) is 11.6 Å². The fourth-order valence-electron chi connectivity index (χ4n) is 3.36. The van der Waals surface area contributed by atoms with E-state index in [1.54, 1.807) is 18.3 Å². The molecule has 4 rings (SSSR count). The third kappa shape index (κ3) is 3.07. The highest BCUT2D eigenvalue weighted by Crippen LogP contribution is 2.37. The molecule has 3 nitrogen and oxygen atoms in total. The summed E-state index contributed by atoms with van der Waals surface area (Å²) in [5.74, 6) is 2.34. The lowest BCUT2D eigenvalue weighted by Crippen LogP contribution is -2.25. The Morgan fingerprint density at radius 1 is 1.27 bits per heavy atom. The van der Waals surface area contributed by atoms with E-state index in [-0.39, 0.29) is 5.82 Å². The van der Waals surface area contributed by atoms with Gasteiger partial charge in [-0.3, -0.25) is 4.90 Å². The van der Waals surface area contributed by atoms with E-state index < -0.39 is 0 Å². The van der Waals surface area contributed by atoms with Crippen LogP contribution in [0.15, 0.2) is 34.9 Å². The Hall–Kier alpha value is -1.68. The smallest absolute Gasteiger partial charge is 0.211 e. The van der Waals surface area contributed by atoms with Crippen molar-refractivity contribution in [3.8, 4) is 0 Å². The first-order valence-corrected chi connectivity index (χ1v) is 8.21. The van der Waals surface area contributed by atoms with Gasteiger partial charge in [-0.15, -0.1) is 0 Å². The largest absolute Gasteiger partial charge is 0.444 e. The fourth-order valence-corrected chi connectivity index (χ4v) is 3.36. The number of nitrogens with zero attached hydrogens (tertiary/aromatic N) is 2. The van der Waals surface area contributed by atoms with Crippen LogP contribution in [-0.2, 0) is 6.42 Å². The maximum Gasteiger partial charge on any atom is 0.211 e. The second-order valence-corrected chi connectivity index (χ2v) is 6.57. The number of halogens is 1. The second kappa shape index (κ2) is 5.84. The number of benzene rings is 1. The Kier molecular flexibility index (Phi) is 3.70. The van der Waals surface area contributed by atoms with Gasteiger partial charge in [0.15, 0.2) is 0 Å². The van der Waals surface area contributed by atoms with Gasteiger partial charge in [0.25, 0.3) is 0 Å². The lowest BCUT2D eigenvalue weighted by Gasteiger charge is -2.21. The molecule has 116 valence electrons. The monoisotopic (exact) mass is 300 g/mol. The van der Waals surface area contributed by atoms with Crippen LogP contribution in [0.4, 0.5) is 4.39 Å². The van der Waals surface area contributed by atoms with E-state index in [1.807, 2.05) is 6.07 Å². The van der Waals surface area contributed by atoms with Crippen LogP contribution in [0, 0.1) is 11.7 Å². The molecule has 1 saturated heterocycles. The van der Waals surface area contributed by atoms with E-state index in [0.29, 0.717) is 12.5 Å². The van der Waals surface area contributed by atoms with E-state index in [1.165, 1.54) is 31.9 Å². The van der Waals surface area contributed by atoms with Gasteiger partial charge in [-0.25, -0.2) is 9.37 Å². The van der Waals surface area contributed by atoms with Crippen molar-refractivity contribution in [2.45, 2.75) is 38.1 Å². The summed E-state index contributed by atoms with van der Waals surface area (Å²) in [5, 5.41) is 0. The normalized spacial score (nSPS) is 22.3. The third-order valence-corrected chi connectivity index (χ3v) is 4.68. The van der Waals surface area contributed by atoms with E-state index in [2.05, 4.69) is 9.88 Å². The maximum atomic E-state index is 13.2. The average molecular weight is 300 g/mol. The molecule has 2 aromatic rings. The molecule has 0 spiro atoms. The Bertz CT molecular complexity index is 650. The van der Waals surface area contributed by atoms with Gasteiger partial charge in [0.2, 0.25) is 5.89 Å². The van der Waals surface area contributed by atoms with Crippen LogP contribution >= 0.6 is 0 Å². The summed E-state index contributed by atoms with van der Waals surface area (Å²) in [5.41, 5.74) is 0.920. The minimum Gasteiger partial charge on any atom is -0.444 e. The van der Waals surface area contributed by atoms with E-state index >= 15 is 0 Å². The zero-order valence-corrected chi connectivity index (χ0v) is 12.7. The summed E-state index contributed by atoms with van der Waals surface area (Å²) in [6.45, 7) is 2.34. The van der Waals surface area contributed by atoms with Crippen molar-refractivity contribution in [3.63, 3.8) is 0 Å². The van der Waals surface area contributed by atoms with Crippen molar-refractivity contribution >= 4 is 0 Å². The first-order chi connectivity index (χ1) is 10.8. The molecular weight excluding hydrogens is 279 g/mol. The quantitative estimate of drug-likeness (QED) is 0.837. The standard InChI is InChI=1S/C18H21FN2O/c19-15-4-1-3-14(9-15)10-16-11-20-18(22-16)17-5-2-8-21(17)12-13-6-7-13/h1,3-4,9,11,13,17H,2,5-8,10,12H2/t17-/m0/s1. The topological polar surface area (TPSA) is 29.3 Å². The number of hydrogen-bond donors (Lipinski definition) is 0. The summed E-state index contributed by atoms with van der Waals surface area (Å²) < 4.78 is 19.2. The molecule has 1 saturated carbocycles. The Morgan fingerprint density at radius 3 is 3.00 bits per heavy atom. The molecule has 1 aromatic carbocycles. The summed E-state index contributed by atoms with van der Waals surface area (Å²) in [4.78, 5) is 7.02. The first kappa shape index (κ1) is 13.9. The maximum absolute atomic E-state index is 13.2. The Morgan fingerprint density at radius 2 is 2.18 bits per heavy atom. The third-order valence-electron chi connectivity index (χ3n) is 4.68. The van der Waals surface area contributed by atoms with Gasteiger partial charge in [0.05, 0.1) is 12.2 Å². The molecule has 1 aliphatic heterocycles. The highest BCUT2D eigenvalue weighted by molar-refractivity contribution is 5.21. The highest BCUT2D eigenvalue weighted by atomic mass is 19.1. The molecule has 4 heteroatoms. The van der Waals surface area contributed by atoms with Gasteiger partial charge in [0, 0.05) is 13.0 Å². The van der Waals surface area contributed by atoms with Crippen molar-refractivity contribution in [3.05, 3.63) is 53.5 Å². The van der Waals surface area contributed by atoms with Crippen molar-refractivity contribution < 1.29 is 8.81 Å². The molecule has 0 unspecified atom stereocenters. The second-order valence-electron chi connectivity index (χ2n) is 6.57. The lowest BCUT2D eigenvalue weighted by molar-refractivity contribution is 0.212. The number of aromatic nitrogens is 1. The van der Waals surface area contributed by atoms with E-state index in [9.17, 15) is 4.39 Å². The van der Waals surface area contributed by atoms with Crippen LogP contribution in [0.1, 0.15) is 48.9 Å². The van der Waals surface area contributed by atoms with E-state index in [4.69, 9.17) is 4.42 Å². The minimum atomic E-state index is -0.205. The van der Waals surface area contributed by atoms with Gasteiger partial charge >= 0.3 is 0 Å². The molecule has 1 atom stereocenters. The molecular formula is C18H21FN2O. The van der Waals surface area contributed by atoms with Gasteiger partial charge < -0.3 is 4.42 Å². The lowest BCUT2D eigenvalue weighted by atomic mass is 10.1. The predicted molar refractivity (Wildman–Crippen MR) is 82.0 cm³/mol. The number of oxazole rings is 1. The van der Waals surface area contributed by atoms with Crippen LogP contribution < -0.4 is 0 Å². The number of hydrogen-bond acceptors (Lipinski definition) is 3. The van der Waals surface area contributed by atoms with Crippen molar-refractivity contribution in [2.24, 2.45) is 5.92 Å². The van der Waals surface area contributed by atoms with Crippen LogP contribution in [0.25, 0.3) is 0 Å². The number of likely N-dealkylation sites (tertiary alicyclic amines) is 1. The summed E-state index contributed by atoms with van der Waals surface area (Å²) in [7, 11) is 0. The minimum absolute atomic E-state index is 0.205. The van der Waals surface area contributed by atoms with Crippen molar-refractivity contribution in [1.29, 1.82) is 0 Å². The average Bonchev–Trinajstić information content (AvgIpc) is 2.99. The van der Waals surface area contributed by atoms with Gasteiger partial charge in [-0.05, 0) is 55.8 Å². The summed E-state index contributed by atoms with van der Waals surface area (Å²) in [6.07, 6.45) is 7.50. The summed E-state index contributed by atoms with van der Waals surface area (Å²) >= 11 is 0. The van der Waals surface area contributed by atoms with E-state index in [0.717, 1.165) is 36.1 Å². The summed E-state index contributed by atoms with van der Waals surface area (Å²) in [6, 6.07) is 7.00. The molecule has 0 radical (unpaired) electrons. The van der Waals surface area contributed by atoms with Crippen LogP contribution in [-0.4, -0.2) is 23.0 Å². The molecule has 0 amide bonds. The molecule has 2 fully saturated rings. The SMILES string of the molecule is Fc1cccc(Cc2cnc([C@@H]3CCCN3CC3CC3)o2)c1. The molecule has 1 aromatic heterocycles. The molecule has 0 bridgehead atoms. The molecule has 2 heterocycles. The zero-order valence-electron chi connectivity index (χ0n) is 12.7.